The molecule has 0 spiro atoms. The van der Waals surface area contributed by atoms with Crippen molar-refractivity contribution in [2.45, 2.75) is 18.4 Å². The first-order valence-corrected chi connectivity index (χ1v) is 9.38. The number of aromatic carboxylic acids is 1. The lowest BCUT2D eigenvalue weighted by Crippen LogP contribution is -2.30. The van der Waals surface area contributed by atoms with Crippen molar-refractivity contribution in [3.63, 3.8) is 0 Å². The van der Waals surface area contributed by atoms with Gasteiger partial charge in [-0.05, 0) is 47.7 Å². The maximum atomic E-state index is 11.7. The summed E-state index contributed by atoms with van der Waals surface area (Å²) in [5.41, 5.74) is 3.31. The van der Waals surface area contributed by atoms with Crippen LogP contribution in [-0.4, -0.2) is 11.1 Å². The molecule has 0 fully saturated rings. The molecule has 122 valence electrons. The zero-order valence-electron chi connectivity index (χ0n) is 12.7. The second-order valence-electron chi connectivity index (χ2n) is 6.25. The molecular weight excluding hydrogens is 434 g/mol. The minimum Gasteiger partial charge on any atom is -0.478 e. The number of anilines is 1. The van der Waals surface area contributed by atoms with E-state index in [-0.39, 0.29) is 12.0 Å². The number of carboxylic acids is 1. The van der Waals surface area contributed by atoms with E-state index in [1.807, 2.05) is 18.2 Å². The molecule has 2 aromatic carbocycles. The lowest BCUT2D eigenvalue weighted by molar-refractivity contribution is 0.0697. The van der Waals surface area contributed by atoms with Crippen LogP contribution in [0.25, 0.3) is 0 Å². The number of hydrogen-bond acceptors (Lipinski definition) is 2. The molecule has 5 heteroatoms. The number of benzene rings is 2. The van der Waals surface area contributed by atoms with Crippen molar-refractivity contribution in [3.8, 4) is 0 Å². The van der Waals surface area contributed by atoms with E-state index < -0.39 is 5.97 Å². The first-order valence-electron chi connectivity index (χ1n) is 7.80. The van der Waals surface area contributed by atoms with Gasteiger partial charge in [-0.3, -0.25) is 0 Å². The normalized spacial score (nSPS) is 24.2. The molecule has 0 unspecified atom stereocenters. The second kappa shape index (κ2) is 6.05. The van der Waals surface area contributed by atoms with E-state index >= 15 is 0 Å². The van der Waals surface area contributed by atoms with E-state index in [4.69, 9.17) is 0 Å². The van der Waals surface area contributed by atoms with Crippen LogP contribution in [0.4, 0.5) is 5.69 Å². The summed E-state index contributed by atoms with van der Waals surface area (Å²) in [4.78, 5) is 11.7. The van der Waals surface area contributed by atoms with E-state index in [0.29, 0.717) is 11.5 Å². The Kier molecular flexibility index (Phi) is 4.01. The predicted octanol–water partition coefficient (Wildman–Crippen LogP) is 5.74. The zero-order chi connectivity index (χ0) is 16.8. The van der Waals surface area contributed by atoms with E-state index in [0.717, 1.165) is 26.6 Å². The Labute approximate surface area is 157 Å². The summed E-state index contributed by atoms with van der Waals surface area (Å²) in [5.74, 6) is -0.268. The van der Waals surface area contributed by atoms with Crippen LogP contribution in [0.15, 0.2) is 57.5 Å². The summed E-state index contributed by atoms with van der Waals surface area (Å²) in [6.45, 7) is 0. The van der Waals surface area contributed by atoms with Gasteiger partial charge < -0.3 is 10.4 Å². The minimum atomic E-state index is -0.907. The third-order valence-electron chi connectivity index (χ3n) is 4.89. The molecule has 0 saturated carbocycles. The Morgan fingerprint density at radius 3 is 2.58 bits per heavy atom. The lowest BCUT2D eigenvalue weighted by atomic mass is 9.76. The second-order valence-corrected chi connectivity index (χ2v) is 8.08. The van der Waals surface area contributed by atoms with Gasteiger partial charge in [-0.2, -0.15) is 0 Å². The molecule has 2 aliphatic rings. The lowest BCUT2D eigenvalue weighted by Gasteiger charge is -2.38. The molecule has 1 aliphatic heterocycles. The first-order chi connectivity index (χ1) is 11.5. The molecule has 3 nitrogen and oxygen atoms in total. The monoisotopic (exact) mass is 447 g/mol. The van der Waals surface area contributed by atoms with Crippen molar-refractivity contribution < 1.29 is 9.90 Å². The first kappa shape index (κ1) is 15.9. The highest BCUT2D eigenvalue weighted by molar-refractivity contribution is 9.10. The van der Waals surface area contributed by atoms with Gasteiger partial charge in [0.15, 0.2) is 0 Å². The van der Waals surface area contributed by atoms with Gasteiger partial charge in [-0.1, -0.05) is 56.1 Å². The highest BCUT2D eigenvalue weighted by Crippen LogP contribution is 2.51. The topological polar surface area (TPSA) is 49.3 Å². The summed E-state index contributed by atoms with van der Waals surface area (Å²) in [6, 6.07) is 12.1. The number of carboxylic acid groups (broad SMARTS) is 1. The molecule has 0 radical (unpaired) electrons. The molecular formula is C19H15Br2NO2. The van der Waals surface area contributed by atoms with Gasteiger partial charge >= 0.3 is 5.97 Å². The average Bonchev–Trinajstić information content (AvgIpc) is 3.04. The molecule has 1 heterocycles. The fourth-order valence-electron chi connectivity index (χ4n) is 3.83. The number of hydrogen-bond donors (Lipinski definition) is 2. The largest absolute Gasteiger partial charge is 0.478 e. The van der Waals surface area contributed by atoms with Gasteiger partial charge in [0.1, 0.15) is 0 Å². The van der Waals surface area contributed by atoms with Crippen LogP contribution in [0.2, 0.25) is 0 Å². The van der Waals surface area contributed by atoms with Crippen molar-refractivity contribution in [1.29, 1.82) is 0 Å². The number of rotatable bonds is 2. The van der Waals surface area contributed by atoms with Crippen LogP contribution in [-0.2, 0) is 0 Å². The number of nitrogens with one attached hydrogen (secondary N) is 1. The molecule has 1 aliphatic carbocycles. The van der Waals surface area contributed by atoms with E-state index in [2.05, 4.69) is 61.5 Å². The number of allylic oxidation sites excluding steroid dienone is 2. The van der Waals surface area contributed by atoms with Gasteiger partial charge in [-0.15, -0.1) is 0 Å². The maximum Gasteiger partial charge on any atom is 0.337 e. The highest BCUT2D eigenvalue weighted by atomic mass is 79.9. The van der Waals surface area contributed by atoms with E-state index in [1.54, 1.807) is 6.07 Å². The molecule has 4 rings (SSSR count). The summed E-state index contributed by atoms with van der Waals surface area (Å²) < 4.78 is 1.85. The quantitative estimate of drug-likeness (QED) is 0.576. The molecule has 0 aromatic heterocycles. The fourth-order valence-corrected chi connectivity index (χ4v) is 4.57. The minimum absolute atomic E-state index is 0.102. The molecule has 2 aromatic rings. The Morgan fingerprint density at radius 1 is 1.12 bits per heavy atom. The number of fused-ring (bicyclic) bond motifs is 3. The third kappa shape index (κ3) is 2.60. The summed E-state index contributed by atoms with van der Waals surface area (Å²) in [7, 11) is 0. The smallest absolute Gasteiger partial charge is 0.337 e. The summed E-state index contributed by atoms with van der Waals surface area (Å²) in [5, 5.41) is 13.1. The predicted molar refractivity (Wildman–Crippen MR) is 102 cm³/mol. The van der Waals surface area contributed by atoms with Gasteiger partial charge in [0.05, 0.1) is 17.3 Å². The Morgan fingerprint density at radius 2 is 1.88 bits per heavy atom. The summed E-state index contributed by atoms with van der Waals surface area (Å²) >= 11 is 6.93. The van der Waals surface area contributed by atoms with Crippen molar-refractivity contribution in [3.05, 3.63) is 74.2 Å². The van der Waals surface area contributed by atoms with Crippen LogP contribution in [0.3, 0.4) is 0 Å². The molecule has 0 saturated heterocycles. The fraction of sp³-hybridized carbons (Fsp3) is 0.211. The summed E-state index contributed by atoms with van der Waals surface area (Å²) in [6.07, 6.45) is 5.42. The number of halogens is 2. The van der Waals surface area contributed by atoms with Gasteiger partial charge in [0.25, 0.3) is 0 Å². The Balaban J connectivity index is 1.86. The van der Waals surface area contributed by atoms with Crippen LogP contribution in [0.1, 0.15) is 39.9 Å². The zero-order valence-corrected chi connectivity index (χ0v) is 15.8. The Hall–Kier alpha value is -1.59. The molecule has 0 amide bonds. The van der Waals surface area contributed by atoms with E-state index in [1.165, 1.54) is 5.56 Å². The standard InChI is InChI=1S/C19H15Br2NO2/c20-11-6-4-10(5-7-11)17-14-3-1-2-13(14)15-8-12(21)9-16(19(23)24)18(15)22-17/h1-2,4-9,13-14,17,22H,3H2,(H,23,24)/t13-,14+,17+/m1/s1. The van der Waals surface area contributed by atoms with Gasteiger partial charge in [0.2, 0.25) is 0 Å². The van der Waals surface area contributed by atoms with Gasteiger partial charge in [0, 0.05) is 14.9 Å². The van der Waals surface area contributed by atoms with Crippen molar-refractivity contribution >= 4 is 43.5 Å². The van der Waals surface area contributed by atoms with Crippen molar-refractivity contribution in [2.75, 3.05) is 5.32 Å². The SMILES string of the molecule is O=C(O)c1cc(Br)cc2c1N[C@@H](c1ccc(Br)cc1)[C@H]1CC=C[C@@H]21. The maximum absolute atomic E-state index is 11.7. The van der Waals surface area contributed by atoms with Crippen molar-refractivity contribution in [2.24, 2.45) is 5.92 Å². The van der Waals surface area contributed by atoms with Crippen LogP contribution >= 0.6 is 31.9 Å². The van der Waals surface area contributed by atoms with E-state index in [9.17, 15) is 9.90 Å². The van der Waals surface area contributed by atoms with Crippen molar-refractivity contribution in [1.82, 2.24) is 0 Å². The third-order valence-corrected chi connectivity index (χ3v) is 5.88. The van der Waals surface area contributed by atoms with Gasteiger partial charge in [-0.25, -0.2) is 4.79 Å². The number of carbonyl (C=O) groups is 1. The highest BCUT2D eigenvalue weighted by Gasteiger charge is 2.39. The van der Waals surface area contributed by atoms with Crippen LogP contribution < -0.4 is 5.32 Å². The van der Waals surface area contributed by atoms with Crippen LogP contribution in [0.5, 0.6) is 0 Å². The molecule has 2 N–H and O–H groups in total. The molecule has 0 bridgehead atoms. The molecule has 24 heavy (non-hydrogen) atoms. The van der Waals surface area contributed by atoms with Crippen LogP contribution in [0, 0.1) is 5.92 Å². The molecule has 3 atom stereocenters. The average molecular weight is 449 g/mol. The Bertz CT molecular complexity index is 845.